The first-order valence-corrected chi connectivity index (χ1v) is 6.97. The Bertz CT molecular complexity index is 674. The Morgan fingerprint density at radius 1 is 1.39 bits per heavy atom. The number of rotatable bonds is 3. The highest BCUT2D eigenvalue weighted by molar-refractivity contribution is 5.94. The number of amides is 2. The van der Waals surface area contributed by atoms with Gasteiger partial charge < -0.3 is 10.2 Å². The molecule has 0 radical (unpaired) electrons. The molecule has 1 fully saturated rings. The minimum atomic E-state index is -4.47. The smallest absolute Gasteiger partial charge is 0.340 e. The fraction of sp³-hybridized carbons (Fsp3) is 0.375. The van der Waals surface area contributed by atoms with Gasteiger partial charge in [0.05, 0.1) is 11.6 Å². The summed E-state index contributed by atoms with van der Waals surface area (Å²) in [5.74, 6) is 3.95. The lowest BCUT2D eigenvalue weighted by Crippen LogP contribution is -2.36. The predicted octanol–water partition coefficient (Wildman–Crippen LogP) is 1.95. The zero-order chi connectivity index (χ0) is 17.0. The van der Waals surface area contributed by atoms with Crippen LogP contribution in [0.2, 0.25) is 0 Å². The number of likely N-dealkylation sites (tertiary alicyclic amines) is 1. The molecule has 1 N–H and O–H groups in total. The average Bonchev–Trinajstić information content (AvgIpc) is 2.78. The zero-order valence-electron chi connectivity index (χ0n) is 12.4. The van der Waals surface area contributed by atoms with Crippen LogP contribution in [0.15, 0.2) is 24.3 Å². The number of carbonyl (C=O) groups excluding carboxylic acids is 2. The Hall–Kier alpha value is -2.49. The van der Waals surface area contributed by atoms with Gasteiger partial charge in [0, 0.05) is 19.5 Å². The maximum atomic E-state index is 13.0. The van der Waals surface area contributed by atoms with Gasteiger partial charge in [0.1, 0.15) is 0 Å². The van der Waals surface area contributed by atoms with Gasteiger partial charge in [-0.05, 0) is 24.5 Å². The molecule has 1 unspecified atom stereocenters. The van der Waals surface area contributed by atoms with Crippen molar-refractivity contribution in [2.75, 3.05) is 6.54 Å². The van der Waals surface area contributed by atoms with Crippen molar-refractivity contribution < 1.29 is 22.8 Å². The molecule has 0 bridgehead atoms. The van der Waals surface area contributed by atoms with Crippen LogP contribution in [0, 0.1) is 11.8 Å². The number of hydrogen-bond donors (Lipinski definition) is 1. The van der Waals surface area contributed by atoms with Crippen molar-refractivity contribution in [1.82, 2.24) is 10.2 Å². The summed E-state index contributed by atoms with van der Waals surface area (Å²) in [7, 11) is 0. The van der Waals surface area contributed by atoms with Gasteiger partial charge in [-0.1, -0.05) is 24.1 Å². The molecule has 4 nitrogen and oxygen atoms in total. The molecule has 1 heterocycles. The third-order valence-electron chi connectivity index (χ3n) is 3.47. The Morgan fingerprint density at radius 3 is 2.74 bits per heavy atom. The van der Waals surface area contributed by atoms with Crippen molar-refractivity contribution in [3.05, 3.63) is 35.4 Å². The third-order valence-corrected chi connectivity index (χ3v) is 3.47. The number of carbonyl (C=O) groups is 2. The van der Waals surface area contributed by atoms with Crippen LogP contribution in [0.4, 0.5) is 13.2 Å². The molecule has 0 aromatic heterocycles. The van der Waals surface area contributed by atoms with Crippen molar-refractivity contribution in [2.24, 2.45) is 0 Å². The molecule has 1 aromatic rings. The van der Waals surface area contributed by atoms with E-state index in [0.29, 0.717) is 0 Å². The highest BCUT2D eigenvalue weighted by atomic mass is 19.4. The number of halogens is 3. The maximum absolute atomic E-state index is 13.0. The fourth-order valence-electron chi connectivity index (χ4n) is 2.50. The van der Waals surface area contributed by atoms with E-state index in [2.05, 4.69) is 17.2 Å². The molecular weight excluding hydrogens is 309 g/mol. The molecule has 0 saturated carbocycles. The van der Waals surface area contributed by atoms with Crippen molar-refractivity contribution in [3.8, 4) is 11.8 Å². The van der Waals surface area contributed by atoms with Crippen LogP contribution in [0.1, 0.15) is 24.5 Å². The standard InChI is InChI=1S/C16H15F3N2O2/c1-2-5-14(22)20-12-8-15(23)21(10-12)9-11-6-3-4-7-13(11)16(17,18)19/h3-4,6-7,12H,8-10H2,1H3,(H,20,22). The van der Waals surface area contributed by atoms with Gasteiger partial charge in [-0.2, -0.15) is 13.2 Å². The molecule has 0 aliphatic carbocycles. The molecule has 1 saturated heterocycles. The lowest BCUT2D eigenvalue weighted by Gasteiger charge is -2.20. The second-order valence-corrected chi connectivity index (χ2v) is 5.18. The first-order chi connectivity index (χ1) is 10.8. The van der Waals surface area contributed by atoms with E-state index in [1.165, 1.54) is 30.0 Å². The molecule has 1 aliphatic heterocycles. The van der Waals surface area contributed by atoms with E-state index in [4.69, 9.17) is 0 Å². The van der Waals surface area contributed by atoms with Crippen LogP contribution in [-0.2, 0) is 22.3 Å². The van der Waals surface area contributed by atoms with Crippen LogP contribution >= 0.6 is 0 Å². The molecule has 1 aliphatic rings. The Morgan fingerprint density at radius 2 is 2.09 bits per heavy atom. The van der Waals surface area contributed by atoms with Crippen LogP contribution in [0.25, 0.3) is 0 Å². The third kappa shape index (κ3) is 4.25. The van der Waals surface area contributed by atoms with E-state index in [0.717, 1.165) is 6.07 Å². The fourth-order valence-corrected chi connectivity index (χ4v) is 2.50. The van der Waals surface area contributed by atoms with Crippen LogP contribution < -0.4 is 5.32 Å². The molecule has 23 heavy (non-hydrogen) atoms. The van der Waals surface area contributed by atoms with Gasteiger partial charge in [-0.15, -0.1) is 0 Å². The molecule has 1 aromatic carbocycles. The highest BCUT2D eigenvalue weighted by Crippen LogP contribution is 2.32. The summed E-state index contributed by atoms with van der Waals surface area (Å²) >= 11 is 0. The zero-order valence-corrected chi connectivity index (χ0v) is 12.4. The Kier molecular flexibility index (Phi) is 4.94. The molecule has 1 atom stereocenters. The van der Waals surface area contributed by atoms with E-state index >= 15 is 0 Å². The quantitative estimate of drug-likeness (QED) is 0.864. The summed E-state index contributed by atoms with van der Waals surface area (Å²) in [6.07, 6.45) is -4.41. The van der Waals surface area contributed by atoms with Gasteiger partial charge in [-0.3, -0.25) is 9.59 Å². The summed E-state index contributed by atoms with van der Waals surface area (Å²) < 4.78 is 38.9. The van der Waals surface area contributed by atoms with Crippen LogP contribution in [-0.4, -0.2) is 29.3 Å². The molecule has 2 amide bonds. The van der Waals surface area contributed by atoms with Crippen LogP contribution in [0.5, 0.6) is 0 Å². The van der Waals surface area contributed by atoms with Crippen molar-refractivity contribution in [2.45, 2.75) is 32.1 Å². The first-order valence-electron chi connectivity index (χ1n) is 6.97. The van der Waals surface area contributed by atoms with Gasteiger partial charge in [0.15, 0.2) is 0 Å². The minimum absolute atomic E-state index is 0.0358. The van der Waals surface area contributed by atoms with E-state index in [-0.39, 0.29) is 31.0 Å². The van der Waals surface area contributed by atoms with Crippen molar-refractivity contribution in [1.29, 1.82) is 0 Å². The monoisotopic (exact) mass is 324 g/mol. The largest absolute Gasteiger partial charge is 0.416 e. The van der Waals surface area contributed by atoms with Gasteiger partial charge in [0.2, 0.25) is 5.91 Å². The van der Waals surface area contributed by atoms with E-state index < -0.39 is 23.7 Å². The lowest BCUT2D eigenvalue weighted by molar-refractivity contribution is -0.139. The van der Waals surface area contributed by atoms with Crippen LogP contribution in [0.3, 0.4) is 0 Å². The number of benzene rings is 1. The second-order valence-electron chi connectivity index (χ2n) is 5.18. The van der Waals surface area contributed by atoms with E-state index in [1.54, 1.807) is 0 Å². The number of alkyl halides is 3. The average molecular weight is 324 g/mol. The molecule has 7 heteroatoms. The van der Waals surface area contributed by atoms with E-state index in [1.807, 2.05) is 0 Å². The van der Waals surface area contributed by atoms with Crippen molar-refractivity contribution >= 4 is 11.8 Å². The summed E-state index contributed by atoms with van der Waals surface area (Å²) in [4.78, 5) is 24.7. The summed E-state index contributed by atoms with van der Waals surface area (Å²) in [6, 6.07) is 4.72. The predicted molar refractivity (Wildman–Crippen MR) is 76.9 cm³/mol. The van der Waals surface area contributed by atoms with Crippen molar-refractivity contribution in [3.63, 3.8) is 0 Å². The SMILES string of the molecule is CC#CC(=O)NC1CC(=O)N(Cc2ccccc2C(F)(F)F)C1. The lowest BCUT2D eigenvalue weighted by atomic mass is 10.1. The maximum Gasteiger partial charge on any atom is 0.416 e. The molecule has 0 spiro atoms. The van der Waals surface area contributed by atoms with Gasteiger partial charge >= 0.3 is 6.18 Å². The Labute approximate surface area is 131 Å². The number of hydrogen-bond acceptors (Lipinski definition) is 2. The number of nitrogens with zero attached hydrogens (tertiary/aromatic N) is 1. The molecule has 122 valence electrons. The van der Waals surface area contributed by atoms with Gasteiger partial charge in [0.25, 0.3) is 5.91 Å². The first kappa shape index (κ1) is 16.9. The second kappa shape index (κ2) is 6.73. The highest BCUT2D eigenvalue weighted by Gasteiger charge is 2.35. The van der Waals surface area contributed by atoms with Gasteiger partial charge in [-0.25, -0.2) is 0 Å². The minimum Gasteiger partial charge on any atom is -0.340 e. The number of nitrogens with one attached hydrogen (secondary N) is 1. The topological polar surface area (TPSA) is 49.4 Å². The summed E-state index contributed by atoms with van der Waals surface area (Å²) in [6.45, 7) is 1.54. The summed E-state index contributed by atoms with van der Waals surface area (Å²) in [5.41, 5.74) is -0.717. The summed E-state index contributed by atoms with van der Waals surface area (Å²) in [5, 5.41) is 2.57. The van der Waals surface area contributed by atoms with E-state index in [9.17, 15) is 22.8 Å². The molecular formula is C16H15F3N2O2. The molecule has 2 rings (SSSR count). The normalized spacial score (nSPS) is 17.7. The Balaban J connectivity index is 2.08.